The number of hydrogen-bond acceptors (Lipinski definition) is 5. The minimum atomic E-state index is 0.474. The summed E-state index contributed by atoms with van der Waals surface area (Å²) in [6.07, 6.45) is 3.73. The van der Waals surface area contributed by atoms with Crippen molar-refractivity contribution in [3.8, 4) is 0 Å². The van der Waals surface area contributed by atoms with E-state index in [2.05, 4.69) is 15.1 Å². The Morgan fingerprint density at radius 3 is 3.23 bits per heavy atom. The lowest BCUT2D eigenvalue weighted by Crippen LogP contribution is -2.44. The molecule has 1 aromatic rings. The molecule has 1 aliphatic heterocycles. The van der Waals surface area contributed by atoms with Crippen LogP contribution < -0.4 is 10.6 Å². The van der Waals surface area contributed by atoms with Crippen LogP contribution in [-0.2, 0) is 0 Å². The molecule has 1 saturated heterocycles. The first kappa shape index (κ1) is 8.90. The molecule has 2 rings (SSSR count). The van der Waals surface area contributed by atoms with Crippen molar-refractivity contribution in [2.24, 2.45) is 5.73 Å². The zero-order valence-corrected chi connectivity index (χ0v) is 8.33. The van der Waals surface area contributed by atoms with Gasteiger partial charge in [-0.2, -0.15) is 0 Å². The van der Waals surface area contributed by atoms with Crippen LogP contribution in [0.2, 0.25) is 0 Å². The van der Waals surface area contributed by atoms with E-state index >= 15 is 0 Å². The van der Waals surface area contributed by atoms with Crippen LogP contribution in [0.5, 0.6) is 0 Å². The van der Waals surface area contributed by atoms with Crippen LogP contribution in [0.15, 0.2) is 5.51 Å². The molecule has 0 aliphatic carbocycles. The highest BCUT2D eigenvalue weighted by molar-refractivity contribution is 7.13. The van der Waals surface area contributed by atoms with E-state index in [0.29, 0.717) is 6.04 Å². The number of anilines is 1. The molecule has 4 nitrogen and oxygen atoms in total. The Morgan fingerprint density at radius 1 is 1.62 bits per heavy atom. The van der Waals surface area contributed by atoms with Crippen molar-refractivity contribution in [3.63, 3.8) is 0 Å². The van der Waals surface area contributed by atoms with E-state index in [0.717, 1.165) is 18.2 Å². The topological polar surface area (TPSA) is 55.0 Å². The smallest absolute Gasteiger partial charge is 0.208 e. The molecule has 13 heavy (non-hydrogen) atoms. The van der Waals surface area contributed by atoms with E-state index in [-0.39, 0.29) is 0 Å². The van der Waals surface area contributed by atoms with Gasteiger partial charge in [0, 0.05) is 19.1 Å². The van der Waals surface area contributed by atoms with Crippen molar-refractivity contribution in [2.75, 3.05) is 18.0 Å². The van der Waals surface area contributed by atoms with Crippen LogP contribution in [-0.4, -0.2) is 29.3 Å². The van der Waals surface area contributed by atoms with Crippen LogP contribution in [0, 0.1) is 0 Å². The first-order valence-electron chi connectivity index (χ1n) is 4.64. The lowest BCUT2D eigenvalue weighted by atomic mass is 10.0. The molecule has 0 radical (unpaired) electrons. The van der Waals surface area contributed by atoms with E-state index in [9.17, 15) is 0 Å². The zero-order valence-electron chi connectivity index (χ0n) is 7.52. The SMILES string of the molecule is NCC1CCCCN1c1nncs1. The highest BCUT2D eigenvalue weighted by Crippen LogP contribution is 2.24. The number of aromatic nitrogens is 2. The Morgan fingerprint density at radius 2 is 2.54 bits per heavy atom. The van der Waals surface area contributed by atoms with Crippen molar-refractivity contribution >= 4 is 16.5 Å². The van der Waals surface area contributed by atoms with Gasteiger partial charge >= 0.3 is 0 Å². The fourth-order valence-corrected chi connectivity index (χ4v) is 2.45. The first-order chi connectivity index (χ1) is 6.42. The van der Waals surface area contributed by atoms with Crippen molar-refractivity contribution in [1.29, 1.82) is 0 Å². The molecule has 1 unspecified atom stereocenters. The van der Waals surface area contributed by atoms with Gasteiger partial charge in [0.05, 0.1) is 0 Å². The molecular formula is C8H14N4S. The van der Waals surface area contributed by atoms with E-state index < -0.39 is 0 Å². The van der Waals surface area contributed by atoms with Crippen molar-refractivity contribution in [1.82, 2.24) is 10.2 Å². The zero-order chi connectivity index (χ0) is 9.10. The Balaban J connectivity index is 2.11. The summed E-state index contributed by atoms with van der Waals surface area (Å²) >= 11 is 1.60. The Hall–Kier alpha value is -0.680. The Kier molecular flexibility index (Phi) is 2.75. The van der Waals surface area contributed by atoms with Crippen LogP contribution in [0.25, 0.3) is 0 Å². The largest absolute Gasteiger partial charge is 0.342 e. The van der Waals surface area contributed by atoms with Crippen molar-refractivity contribution in [3.05, 3.63) is 5.51 Å². The molecule has 72 valence electrons. The van der Waals surface area contributed by atoms with Crippen molar-refractivity contribution < 1.29 is 0 Å². The Bertz CT molecular complexity index is 249. The minimum absolute atomic E-state index is 0.474. The number of rotatable bonds is 2. The van der Waals surface area contributed by atoms with Crippen LogP contribution >= 0.6 is 11.3 Å². The predicted molar refractivity (Wildman–Crippen MR) is 53.9 cm³/mol. The Labute approximate surface area is 81.8 Å². The molecule has 0 spiro atoms. The van der Waals surface area contributed by atoms with Gasteiger partial charge in [-0.15, -0.1) is 10.2 Å². The summed E-state index contributed by atoms with van der Waals surface area (Å²) in [7, 11) is 0. The molecule has 1 atom stereocenters. The monoisotopic (exact) mass is 198 g/mol. The number of nitrogens with zero attached hydrogens (tertiary/aromatic N) is 3. The molecule has 0 aromatic carbocycles. The first-order valence-corrected chi connectivity index (χ1v) is 5.52. The lowest BCUT2D eigenvalue weighted by Gasteiger charge is -2.34. The average molecular weight is 198 g/mol. The normalized spacial score (nSPS) is 23.5. The summed E-state index contributed by atoms with van der Waals surface area (Å²) in [5, 5.41) is 8.95. The molecule has 1 aliphatic rings. The maximum absolute atomic E-state index is 5.71. The van der Waals surface area contributed by atoms with E-state index in [1.165, 1.54) is 19.3 Å². The van der Waals surface area contributed by atoms with Crippen LogP contribution in [0.1, 0.15) is 19.3 Å². The van der Waals surface area contributed by atoms with Gasteiger partial charge in [-0.3, -0.25) is 0 Å². The molecule has 5 heteroatoms. The fourth-order valence-electron chi connectivity index (χ4n) is 1.79. The van der Waals surface area contributed by atoms with Gasteiger partial charge < -0.3 is 10.6 Å². The van der Waals surface area contributed by atoms with E-state index in [1.807, 2.05) is 0 Å². The summed E-state index contributed by atoms with van der Waals surface area (Å²) in [6, 6.07) is 0.474. The second-order valence-corrected chi connectivity index (χ2v) is 4.11. The third-order valence-corrected chi connectivity index (χ3v) is 3.22. The lowest BCUT2D eigenvalue weighted by molar-refractivity contribution is 0.464. The molecule has 2 N–H and O–H groups in total. The van der Waals surface area contributed by atoms with E-state index in [1.54, 1.807) is 16.8 Å². The highest BCUT2D eigenvalue weighted by atomic mass is 32.1. The number of nitrogens with two attached hydrogens (primary N) is 1. The minimum Gasteiger partial charge on any atom is -0.342 e. The molecule has 1 aromatic heterocycles. The fraction of sp³-hybridized carbons (Fsp3) is 0.750. The molecule has 0 saturated carbocycles. The summed E-state index contributed by atoms with van der Waals surface area (Å²) in [4.78, 5) is 2.29. The predicted octanol–water partition coefficient (Wildman–Crippen LogP) is 0.856. The summed E-state index contributed by atoms with van der Waals surface area (Å²) in [6.45, 7) is 1.80. The maximum Gasteiger partial charge on any atom is 0.208 e. The van der Waals surface area contributed by atoms with Gasteiger partial charge in [-0.1, -0.05) is 11.3 Å². The third kappa shape index (κ3) is 1.81. The molecular weight excluding hydrogens is 184 g/mol. The van der Waals surface area contributed by atoms with Gasteiger partial charge in [0.2, 0.25) is 5.13 Å². The summed E-state index contributed by atoms with van der Waals surface area (Å²) in [5.41, 5.74) is 7.49. The molecule has 1 fully saturated rings. The van der Waals surface area contributed by atoms with Gasteiger partial charge in [-0.05, 0) is 19.3 Å². The summed E-state index contributed by atoms with van der Waals surface area (Å²) < 4.78 is 0. The molecule has 0 amide bonds. The van der Waals surface area contributed by atoms with Crippen LogP contribution in [0.4, 0.5) is 5.13 Å². The third-order valence-electron chi connectivity index (χ3n) is 2.49. The highest BCUT2D eigenvalue weighted by Gasteiger charge is 2.22. The second kappa shape index (κ2) is 4.02. The van der Waals surface area contributed by atoms with Gasteiger partial charge in [0.1, 0.15) is 5.51 Å². The van der Waals surface area contributed by atoms with Gasteiger partial charge in [0.15, 0.2) is 0 Å². The second-order valence-electron chi connectivity index (χ2n) is 3.30. The summed E-state index contributed by atoms with van der Waals surface area (Å²) in [5.74, 6) is 0. The van der Waals surface area contributed by atoms with E-state index in [4.69, 9.17) is 5.73 Å². The molecule has 0 bridgehead atoms. The maximum atomic E-state index is 5.71. The number of piperidine rings is 1. The average Bonchev–Trinajstić information content (AvgIpc) is 2.70. The standard InChI is InChI=1S/C8H14N4S/c9-5-7-3-1-2-4-12(7)8-11-10-6-13-8/h6-7H,1-5,9H2. The van der Waals surface area contributed by atoms with Gasteiger partial charge in [0.25, 0.3) is 0 Å². The quantitative estimate of drug-likeness (QED) is 0.765. The molecule has 2 heterocycles. The number of hydrogen-bond donors (Lipinski definition) is 1. The van der Waals surface area contributed by atoms with Crippen LogP contribution in [0.3, 0.4) is 0 Å². The van der Waals surface area contributed by atoms with Crippen molar-refractivity contribution in [2.45, 2.75) is 25.3 Å². The van der Waals surface area contributed by atoms with Gasteiger partial charge in [-0.25, -0.2) is 0 Å².